The number of nitrogens with zero attached hydrogens (tertiary/aromatic N) is 2. The molecular weight excluding hydrogens is 652 g/mol. The van der Waals surface area contributed by atoms with E-state index in [1.165, 1.54) is 0 Å². The van der Waals surface area contributed by atoms with Crippen LogP contribution in [0.3, 0.4) is 0 Å². The van der Waals surface area contributed by atoms with Crippen molar-refractivity contribution in [1.82, 2.24) is 0 Å². The Hall–Kier alpha value is -5.94. The van der Waals surface area contributed by atoms with Crippen LogP contribution < -0.4 is 11.5 Å². The van der Waals surface area contributed by atoms with E-state index in [1.54, 1.807) is 0 Å². The smallest absolute Gasteiger partial charge is 0.366 e. The molecule has 10 nitrogen and oxygen atoms in total. The lowest BCUT2D eigenvalue weighted by Gasteiger charge is -2.38. The summed E-state index contributed by atoms with van der Waals surface area (Å²) in [5.74, 6) is -6.06. The van der Waals surface area contributed by atoms with E-state index in [0.717, 1.165) is 24.3 Å². The average molecular weight is 668 g/mol. The van der Waals surface area contributed by atoms with E-state index in [0.29, 0.717) is 12.1 Å². The maximum atomic E-state index is 15.2. The van der Waals surface area contributed by atoms with E-state index >= 15 is 35.1 Å². The summed E-state index contributed by atoms with van der Waals surface area (Å²) in [7, 11) is 0. The Labute approximate surface area is 256 Å². The van der Waals surface area contributed by atoms with Gasteiger partial charge in [0, 0.05) is 23.3 Å². The van der Waals surface area contributed by atoms with E-state index in [2.05, 4.69) is 0 Å². The van der Waals surface area contributed by atoms with Gasteiger partial charge < -0.3 is 11.5 Å². The second kappa shape index (κ2) is 11.8. The van der Waals surface area contributed by atoms with Gasteiger partial charge >= 0.3 is 12.4 Å². The Morgan fingerprint density at radius 2 is 0.936 bits per heavy atom. The fraction of sp³-hybridized carbons (Fsp3) is 0.103. The molecule has 4 rings (SSSR count). The Morgan fingerprint density at radius 1 is 0.596 bits per heavy atom. The summed E-state index contributed by atoms with van der Waals surface area (Å²) in [4.78, 5) is 45.2. The SMILES string of the molecule is NC(=O)c1cccc([N+](=O)[O-])c1-c1cc(C(c2ccc(F)c(-c3c(C(N)=O)cccc3[N+](=O)[O-])c2)(C(F)(F)F)C(F)(F)F)ccc1F. The molecule has 4 aromatic carbocycles. The van der Waals surface area contributed by atoms with Crippen LogP contribution in [-0.2, 0) is 5.41 Å². The highest BCUT2D eigenvalue weighted by Crippen LogP contribution is 2.57. The molecular formula is C29H16F8N4O6. The molecule has 2 amide bonds. The van der Waals surface area contributed by atoms with Crippen LogP contribution in [0.5, 0.6) is 0 Å². The highest BCUT2D eigenvalue weighted by molar-refractivity contribution is 6.03. The molecule has 4 aromatic rings. The number of halogens is 8. The number of nitro groups is 2. The summed E-state index contributed by atoms with van der Waals surface area (Å²) in [5, 5.41) is 23.4. The molecule has 0 saturated carbocycles. The van der Waals surface area contributed by atoms with Gasteiger partial charge in [-0.05, 0) is 47.5 Å². The summed E-state index contributed by atoms with van der Waals surface area (Å²) < 4.78 is 121. The number of carbonyl (C=O) groups excluding carboxylic acids is 2. The number of nitro benzene ring substituents is 2. The number of nitrogens with two attached hydrogens (primary N) is 2. The van der Waals surface area contributed by atoms with Gasteiger partial charge in [0.2, 0.25) is 17.2 Å². The summed E-state index contributed by atoms with van der Waals surface area (Å²) in [6.07, 6.45) is -12.8. The maximum Gasteiger partial charge on any atom is 0.411 e. The van der Waals surface area contributed by atoms with Gasteiger partial charge in [0.05, 0.1) is 32.1 Å². The molecule has 0 radical (unpaired) electrons. The molecule has 0 aliphatic rings. The van der Waals surface area contributed by atoms with Crippen LogP contribution in [0.4, 0.5) is 46.5 Å². The van der Waals surface area contributed by atoms with E-state index in [1.807, 2.05) is 0 Å². The van der Waals surface area contributed by atoms with E-state index in [9.17, 15) is 29.8 Å². The molecule has 47 heavy (non-hydrogen) atoms. The van der Waals surface area contributed by atoms with Crippen LogP contribution in [-0.4, -0.2) is 34.0 Å². The second-order valence-electron chi connectivity index (χ2n) is 9.78. The number of primary amides is 2. The molecule has 0 heterocycles. The van der Waals surface area contributed by atoms with Gasteiger partial charge in [-0.1, -0.05) is 24.3 Å². The predicted octanol–water partition coefficient (Wildman–Crippen LogP) is 6.72. The predicted molar refractivity (Wildman–Crippen MR) is 147 cm³/mol. The Bertz CT molecular complexity index is 1770. The molecule has 0 fully saturated rings. The molecule has 244 valence electrons. The van der Waals surface area contributed by atoms with Crippen LogP contribution in [0, 0.1) is 31.9 Å². The van der Waals surface area contributed by atoms with Gasteiger partial charge in [-0.3, -0.25) is 29.8 Å². The first-order valence-corrected chi connectivity index (χ1v) is 12.6. The van der Waals surface area contributed by atoms with Crippen LogP contribution in [0.25, 0.3) is 22.3 Å². The number of hydrogen-bond acceptors (Lipinski definition) is 6. The number of carbonyl (C=O) groups is 2. The quantitative estimate of drug-likeness (QED) is 0.120. The number of rotatable bonds is 8. The van der Waals surface area contributed by atoms with E-state index < -0.39 is 107 Å². The number of benzene rings is 4. The minimum Gasteiger partial charge on any atom is -0.366 e. The first kappa shape index (κ1) is 33.9. The standard InChI is InChI=1S/C29H16F8N4O6/c30-19-9-7-13(11-17(19)23-15(25(38)42)3-1-5-21(23)40(44)45)27(28(32,33)34,29(35,36)37)14-8-10-20(31)18(12-14)24-16(26(39)43)4-2-6-22(24)41(46)47/h1-12H,(H2,38,42)(H2,39,43). The lowest BCUT2D eigenvalue weighted by molar-refractivity contribution is -0.384. The number of hydrogen-bond donors (Lipinski definition) is 2. The third-order valence-electron chi connectivity index (χ3n) is 7.20. The number of alkyl halides is 6. The summed E-state index contributed by atoms with van der Waals surface area (Å²) >= 11 is 0. The van der Waals surface area contributed by atoms with Crippen molar-refractivity contribution in [2.45, 2.75) is 17.8 Å². The van der Waals surface area contributed by atoms with Gasteiger partial charge in [-0.2, -0.15) is 26.3 Å². The van der Waals surface area contributed by atoms with Crippen molar-refractivity contribution in [3.8, 4) is 22.3 Å². The van der Waals surface area contributed by atoms with Crippen molar-refractivity contribution < 1.29 is 54.6 Å². The first-order valence-electron chi connectivity index (χ1n) is 12.6. The average Bonchev–Trinajstić information content (AvgIpc) is 2.96. The molecule has 0 atom stereocenters. The highest BCUT2D eigenvalue weighted by atomic mass is 19.4. The number of amides is 2. The molecule has 0 saturated heterocycles. The molecule has 0 unspecified atom stereocenters. The fourth-order valence-corrected chi connectivity index (χ4v) is 5.24. The largest absolute Gasteiger partial charge is 0.411 e. The van der Waals surface area contributed by atoms with Crippen molar-refractivity contribution in [3.63, 3.8) is 0 Å². The minimum absolute atomic E-state index is 0.0199. The van der Waals surface area contributed by atoms with Crippen LogP contribution in [0.2, 0.25) is 0 Å². The summed E-state index contributed by atoms with van der Waals surface area (Å²) in [6.45, 7) is 0. The maximum absolute atomic E-state index is 15.2. The van der Waals surface area contributed by atoms with Crippen LogP contribution in [0.15, 0.2) is 72.8 Å². The van der Waals surface area contributed by atoms with Crippen molar-refractivity contribution >= 4 is 23.2 Å². The Kier molecular flexibility index (Phi) is 8.50. The van der Waals surface area contributed by atoms with Gasteiger partial charge in [0.25, 0.3) is 11.4 Å². The Morgan fingerprint density at radius 3 is 1.21 bits per heavy atom. The molecule has 0 aliphatic heterocycles. The van der Waals surface area contributed by atoms with Gasteiger partial charge in [0.15, 0.2) is 0 Å². The zero-order valence-electron chi connectivity index (χ0n) is 23.0. The second-order valence-corrected chi connectivity index (χ2v) is 9.78. The van der Waals surface area contributed by atoms with Gasteiger partial charge in [-0.25, -0.2) is 8.78 Å². The molecule has 0 spiro atoms. The van der Waals surface area contributed by atoms with Crippen LogP contribution in [0.1, 0.15) is 31.8 Å². The lowest BCUT2D eigenvalue weighted by atomic mass is 9.71. The lowest BCUT2D eigenvalue weighted by Crippen LogP contribution is -2.54. The Balaban J connectivity index is 2.19. The van der Waals surface area contributed by atoms with E-state index in [-0.39, 0.29) is 36.4 Å². The first-order chi connectivity index (χ1) is 21.7. The van der Waals surface area contributed by atoms with Crippen molar-refractivity contribution in [2.24, 2.45) is 11.5 Å². The molecule has 18 heteroatoms. The van der Waals surface area contributed by atoms with Gasteiger partial charge in [0.1, 0.15) is 11.6 Å². The molecule has 4 N–H and O–H groups in total. The van der Waals surface area contributed by atoms with E-state index in [4.69, 9.17) is 11.5 Å². The molecule has 0 aromatic heterocycles. The minimum atomic E-state index is -6.40. The fourth-order valence-electron chi connectivity index (χ4n) is 5.24. The third kappa shape index (κ3) is 5.57. The normalized spacial score (nSPS) is 12.1. The van der Waals surface area contributed by atoms with Crippen molar-refractivity contribution in [3.05, 3.63) is 127 Å². The summed E-state index contributed by atoms with van der Waals surface area (Å²) in [5.41, 5.74) is -6.77. The zero-order chi connectivity index (χ0) is 35.2. The van der Waals surface area contributed by atoms with Crippen LogP contribution >= 0.6 is 0 Å². The van der Waals surface area contributed by atoms with Crippen molar-refractivity contribution in [1.29, 1.82) is 0 Å². The monoisotopic (exact) mass is 668 g/mol. The highest BCUT2D eigenvalue weighted by Gasteiger charge is 2.72. The zero-order valence-corrected chi connectivity index (χ0v) is 23.0. The van der Waals surface area contributed by atoms with Gasteiger partial charge in [-0.15, -0.1) is 0 Å². The third-order valence-corrected chi connectivity index (χ3v) is 7.20. The topological polar surface area (TPSA) is 172 Å². The van der Waals surface area contributed by atoms with Crippen molar-refractivity contribution in [2.75, 3.05) is 0 Å². The summed E-state index contributed by atoms with van der Waals surface area (Å²) in [6, 6.07) is 5.26. The molecule has 0 bridgehead atoms. The molecule has 0 aliphatic carbocycles.